The molecule has 0 bridgehead atoms. The van der Waals surface area contributed by atoms with Gasteiger partial charge in [-0.3, -0.25) is 0 Å². The maximum absolute atomic E-state index is 6.01. The van der Waals surface area contributed by atoms with E-state index >= 15 is 0 Å². The minimum atomic E-state index is -0.154. The Morgan fingerprint density at radius 3 is 2.47 bits per heavy atom. The molecule has 0 fully saturated rings. The first-order chi connectivity index (χ1) is 8.85. The number of hydrogen-bond acceptors (Lipinski definition) is 2. The molecule has 4 heteroatoms. The second kappa shape index (κ2) is 5.47. The summed E-state index contributed by atoms with van der Waals surface area (Å²) in [5, 5.41) is 0. The summed E-state index contributed by atoms with van der Waals surface area (Å²) >= 11 is 3.45. The van der Waals surface area contributed by atoms with Gasteiger partial charge in [-0.2, -0.15) is 0 Å². The van der Waals surface area contributed by atoms with Crippen molar-refractivity contribution in [1.29, 1.82) is 0 Å². The summed E-state index contributed by atoms with van der Waals surface area (Å²) in [6, 6.07) is 8.21. The number of benzene rings is 1. The van der Waals surface area contributed by atoms with E-state index in [0.29, 0.717) is 0 Å². The van der Waals surface area contributed by atoms with Gasteiger partial charge in [0.2, 0.25) is 0 Å². The van der Waals surface area contributed by atoms with Crippen LogP contribution in [0.25, 0.3) is 11.3 Å². The molecule has 0 unspecified atom stereocenters. The Morgan fingerprint density at radius 1 is 1.26 bits per heavy atom. The van der Waals surface area contributed by atoms with Gasteiger partial charge in [0.15, 0.2) is 0 Å². The van der Waals surface area contributed by atoms with Crippen LogP contribution in [0, 0.1) is 6.92 Å². The highest BCUT2D eigenvalue weighted by Gasteiger charge is 2.14. The van der Waals surface area contributed by atoms with E-state index < -0.39 is 0 Å². The summed E-state index contributed by atoms with van der Waals surface area (Å²) < 4.78 is 1.08. The first kappa shape index (κ1) is 14.3. The third-order valence-electron chi connectivity index (χ3n) is 3.06. The maximum Gasteiger partial charge on any atom is 0.107 e. The van der Waals surface area contributed by atoms with Crippen molar-refractivity contribution >= 4 is 15.9 Å². The standard InChI is InChI=1S/C15H20BrN3/c1-10-14(11-4-6-12(16)7-5-11)19-13(18-10)8-9-15(2,3)17/h4-7H,8-9,17H2,1-3H3,(H,18,19). The minimum absolute atomic E-state index is 0.154. The van der Waals surface area contributed by atoms with Crippen molar-refractivity contribution < 1.29 is 0 Å². The summed E-state index contributed by atoms with van der Waals surface area (Å²) in [6.07, 6.45) is 1.79. The number of nitrogens with one attached hydrogen (secondary N) is 1. The van der Waals surface area contributed by atoms with Gasteiger partial charge in [0, 0.05) is 27.7 Å². The maximum atomic E-state index is 6.01. The summed E-state index contributed by atoms with van der Waals surface area (Å²) in [5.74, 6) is 1.01. The Bertz CT molecular complexity index is 550. The topological polar surface area (TPSA) is 54.7 Å². The van der Waals surface area contributed by atoms with E-state index in [0.717, 1.165) is 40.1 Å². The number of hydrogen-bond donors (Lipinski definition) is 2. The van der Waals surface area contributed by atoms with E-state index in [-0.39, 0.29) is 5.54 Å². The summed E-state index contributed by atoms with van der Waals surface area (Å²) in [6.45, 7) is 6.14. The predicted octanol–water partition coefficient (Wildman–Crippen LogP) is 3.82. The quantitative estimate of drug-likeness (QED) is 0.899. The Labute approximate surface area is 122 Å². The highest BCUT2D eigenvalue weighted by Crippen LogP contribution is 2.23. The van der Waals surface area contributed by atoms with Gasteiger partial charge in [0.05, 0.1) is 5.69 Å². The van der Waals surface area contributed by atoms with Gasteiger partial charge in [0.25, 0.3) is 0 Å². The van der Waals surface area contributed by atoms with Gasteiger partial charge < -0.3 is 10.7 Å². The van der Waals surface area contributed by atoms with E-state index in [9.17, 15) is 0 Å². The van der Waals surface area contributed by atoms with Crippen LogP contribution < -0.4 is 5.73 Å². The van der Waals surface area contributed by atoms with Crippen LogP contribution in [0.4, 0.5) is 0 Å². The second-order valence-corrected chi connectivity index (χ2v) is 6.57. The molecule has 0 saturated carbocycles. The van der Waals surface area contributed by atoms with Crippen molar-refractivity contribution in [3.05, 3.63) is 40.3 Å². The highest BCUT2D eigenvalue weighted by atomic mass is 79.9. The number of nitrogens with zero attached hydrogens (tertiary/aromatic N) is 1. The lowest BCUT2D eigenvalue weighted by atomic mass is 10.0. The van der Waals surface area contributed by atoms with Gasteiger partial charge in [-0.15, -0.1) is 0 Å². The molecule has 0 spiro atoms. The molecule has 19 heavy (non-hydrogen) atoms. The van der Waals surface area contributed by atoms with Crippen LogP contribution in [0.15, 0.2) is 28.7 Å². The number of rotatable bonds is 4. The van der Waals surface area contributed by atoms with Crippen LogP contribution in [-0.4, -0.2) is 15.5 Å². The van der Waals surface area contributed by atoms with Gasteiger partial charge in [-0.25, -0.2) is 4.98 Å². The fourth-order valence-corrected chi connectivity index (χ4v) is 2.23. The van der Waals surface area contributed by atoms with Gasteiger partial charge in [-0.05, 0) is 39.3 Å². The smallest absolute Gasteiger partial charge is 0.107 e. The molecule has 1 aromatic carbocycles. The molecule has 0 aliphatic heterocycles. The largest absolute Gasteiger partial charge is 0.346 e. The Balaban J connectivity index is 2.19. The van der Waals surface area contributed by atoms with Crippen molar-refractivity contribution in [2.75, 3.05) is 0 Å². The first-order valence-corrected chi connectivity index (χ1v) is 7.25. The molecule has 2 aromatic rings. The number of aromatic amines is 1. The van der Waals surface area contributed by atoms with Gasteiger partial charge >= 0.3 is 0 Å². The normalized spacial score (nSPS) is 11.8. The van der Waals surface area contributed by atoms with Crippen LogP contribution in [0.1, 0.15) is 31.8 Å². The number of aromatic nitrogens is 2. The molecule has 0 atom stereocenters. The van der Waals surface area contributed by atoms with Crippen molar-refractivity contribution in [2.24, 2.45) is 5.73 Å². The van der Waals surface area contributed by atoms with E-state index in [1.165, 1.54) is 0 Å². The first-order valence-electron chi connectivity index (χ1n) is 6.45. The molecule has 0 amide bonds. The summed E-state index contributed by atoms with van der Waals surface area (Å²) in [5.41, 5.74) is 9.12. The van der Waals surface area contributed by atoms with Crippen molar-refractivity contribution in [1.82, 2.24) is 9.97 Å². The van der Waals surface area contributed by atoms with E-state index in [2.05, 4.69) is 45.0 Å². The molecule has 0 saturated heterocycles. The van der Waals surface area contributed by atoms with Gasteiger partial charge in [0.1, 0.15) is 5.82 Å². The van der Waals surface area contributed by atoms with Crippen molar-refractivity contribution in [3.8, 4) is 11.3 Å². The molecule has 0 aliphatic carbocycles. The number of H-pyrrole nitrogens is 1. The lowest BCUT2D eigenvalue weighted by molar-refractivity contribution is 0.472. The number of halogens is 1. The molecule has 0 aliphatic rings. The zero-order valence-corrected chi connectivity index (χ0v) is 13.2. The van der Waals surface area contributed by atoms with Gasteiger partial charge in [-0.1, -0.05) is 28.1 Å². The Kier molecular flexibility index (Phi) is 4.11. The van der Waals surface area contributed by atoms with Crippen molar-refractivity contribution in [2.45, 2.75) is 39.2 Å². The van der Waals surface area contributed by atoms with Crippen LogP contribution in [0.5, 0.6) is 0 Å². The summed E-state index contributed by atoms with van der Waals surface area (Å²) in [4.78, 5) is 8.04. The lowest BCUT2D eigenvalue weighted by Gasteiger charge is -2.16. The monoisotopic (exact) mass is 321 g/mol. The molecule has 1 heterocycles. The molecule has 3 N–H and O–H groups in total. The second-order valence-electron chi connectivity index (χ2n) is 5.65. The zero-order chi connectivity index (χ0) is 14.0. The zero-order valence-electron chi connectivity index (χ0n) is 11.6. The van der Waals surface area contributed by atoms with E-state index in [1.54, 1.807) is 0 Å². The highest BCUT2D eigenvalue weighted by molar-refractivity contribution is 9.10. The van der Waals surface area contributed by atoms with Crippen molar-refractivity contribution in [3.63, 3.8) is 0 Å². The average molecular weight is 322 g/mol. The van der Waals surface area contributed by atoms with E-state index in [1.807, 2.05) is 26.0 Å². The SMILES string of the molecule is Cc1[nH]c(CCC(C)(C)N)nc1-c1ccc(Br)cc1. The molecular formula is C15H20BrN3. The predicted molar refractivity (Wildman–Crippen MR) is 83.0 cm³/mol. The molecule has 2 rings (SSSR count). The summed E-state index contributed by atoms with van der Waals surface area (Å²) in [7, 11) is 0. The lowest BCUT2D eigenvalue weighted by Crippen LogP contribution is -2.32. The average Bonchev–Trinajstić information content (AvgIpc) is 2.68. The number of imidazole rings is 1. The fraction of sp³-hybridized carbons (Fsp3) is 0.400. The number of nitrogens with two attached hydrogens (primary N) is 1. The molecule has 3 nitrogen and oxygen atoms in total. The van der Waals surface area contributed by atoms with Crippen LogP contribution >= 0.6 is 15.9 Å². The Morgan fingerprint density at radius 2 is 1.89 bits per heavy atom. The molecule has 102 valence electrons. The van der Waals surface area contributed by atoms with Crippen LogP contribution in [0.2, 0.25) is 0 Å². The minimum Gasteiger partial charge on any atom is -0.346 e. The van der Waals surface area contributed by atoms with Crippen LogP contribution in [0.3, 0.4) is 0 Å². The third kappa shape index (κ3) is 3.91. The van der Waals surface area contributed by atoms with E-state index in [4.69, 9.17) is 5.73 Å². The molecule has 1 aromatic heterocycles. The molecular weight excluding hydrogens is 302 g/mol. The van der Waals surface area contributed by atoms with Crippen LogP contribution in [-0.2, 0) is 6.42 Å². The fourth-order valence-electron chi connectivity index (χ4n) is 1.97. The Hall–Kier alpha value is -1.13. The number of aryl methyl sites for hydroxylation is 2. The molecule has 0 radical (unpaired) electrons. The third-order valence-corrected chi connectivity index (χ3v) is 3.59.